The van der Waals surface area contributed by atoms with Gasteiger partial charge < -0.3 is 0 Å². The average molecular weight is 454 g/mol. The van der Waals surface area contributed by atoms with Gasteiger partial charge in [0.25, 0.3) is 11.5 Å². The van der Waals surface area contributed by atoms with E-state index < -0.39 is 11.2 Å². The number of para-hydroxylation sites is 2. The second-order valence-corrected chi connectivity index (χ2v) is 8.53. The smallest absolute Gasteiger partial charge is 0.299 e. The van der Waals surface area contributed by atoms with Crippen molar-refractivity contribution in [3.8, 4) is 0 Å². The van der Waals surface area contributed by atoms with Gasteiger partial charge in [0.2, 0.25) is 5.28 Å². The molecule has 8 nitrogen and oxygen atoms in total. The molecule has 3 heterocycles. The molecule has 10 heteroatoms. The van der Waals surface area contributed by atoms with Crippen LogP contribution in [0.1, 0.15) is 0 Å². The Balaban J connectivity index is 1.66. The van der Waals surface area contributed by atoms with Crippen molar-refractivity contribution in [2.45, 2.75) is 16.3 Å². The monoisotopic (exact) mass is 453 g/mol. The summed E-state index contributed by atoms with van der Waals surface area (Å²) in [5.41, 5.74) is 0.701. The highest BCUT2D eigenvalue weighted by atomic mass is 35.5. The van der Waals surface area contributed by atoms with E-state index in [-0.39, 0.29) is 28.9 Å². The first-order valence-corrected chi connectivity index (χ1v) is 10.6. The van der Waals surface area contributed by atoms with Crippen molar-refractivity contribution in [3.63, 3.8) is 0 Å². The van der Waals surface area contributed by atoms with Gasteiger partial charge in [-0.1, -0.05) is 36.0 Å². The fraction of sp³-hybridized carbons (Fsp3) is 0.143. The van der Waals surface area contributed by atoms with Crippen LogP contribution < -0.4 is 16.1 Å². The molecule has 2 aromatic carbocycles. The lowest BCUT2D eigenvalue weighted by molar-refractivity contribution is -0.118. The van der Waals surface area contributed by atoms with Gasteiger partial charge in [-0.3, -0.25) is 28.2 Å². The maximum Gasteiger partial charge on any atom is 0.332 e. The number of imidazole rings is 1. The van der Waals surface area contributed by atoms with Gasteiger partial charge in [0.1, 0.15) is 6.54 Å². The van der Waals surface area contributed by atoms with Gasteiger partial charge in [-0.15, -0.1) is 0 Å². The Morgan fingerprint density at radius 2 is 1.55 bits per heavy atom. The molecule has 0 saturated carbocycles. The summed E-state index contributed by atoms with van der Waals surface area (Å²) in [7, 11) is 2.89. The molecule has 0 aliphatic carbocycles. The Hall–Kier alpha value is -3.30. The van der Waals surface area contributed by atoms with E-state index in [1.807, 2.05) is 48.5 Å². The number of carbonyl (C=O) groups excluding carboxylic acids is 1. The van der Waals surface area contributed by atoms with Crippen LogP contribution in [-0.4, -0.2) is 24.6 Å². The number of rotatable bonds is 2. The second-order valence-electron chi connectivity index (χ2n) is 7.11. The minimum Gasteiger partial charge on any atom is -0.299 e. The lowest BCUT2D eigenvalue weighted by Crippen LogP contribution is -2.38. The molecule has 0 saturated heterocycles. The number of carbonyl (C=O) groups is 1. The number of fused-ring (bicyclic) bond motifs is 3. The first-order valence-electron chi connectivity index (χ1n) is 9.39. The van der Waals surface area contributed by atoms with Crippen molar-refractivity contribution >= 4 is 51.8 Å². The molecule has 1 amide bonds. The van der Waals surface area contributed by atoms with Crippen LogP contribution in [-0.2, 0) is 25.4 Å². The van der Waals surface area contributed by atoms with Crippen LogP contribution in [0.2, 0.25) is 5.28 Å². The number of hydrogen-bond donors (Lipinski definition) is 0. The number of amides is 1. The van der Waals surface area contributed by atoms with E-state index in [1.54, 1.807) is 16.7 Å². The molecule has 0 N–H and O–H groups in total. The highest BCUT2D eigenvalue weighted by molar-refractivity contribution is 7.99. The molecule has 1 aliphatic heterocycles. The zero-order valence-electron chi connectivity index (χ0n) is 16.6. The van der Waals surface area contributed by atoms with Gasteiger partial charge in [0, 0.05) is 23.9 Å². The molecular weight excluding hydrogens is 438 g/mol. The van der Waals surface area contributed by atoms with Crippen LogP contribution >= 0.6 is 23.4 Å². The third-order valence-corrected chi connectivity index (χ3v) is 6.70. The van der Waals surface area contributed by atoms with E-state index in [9.17, 15) is 14.4 Å². The number of halogens is 1. The standard InChI is InChI=1S/C21H16ClN5O3S/c1-24-18-17(19(29)25(2)21(24)30)26(20(22)23-18)11-16(28)27-12-7-3-5-9-14(12)31-15-10-6-4-8-13(15)27/h3-10H,11H2,1-2H3. The van der Waals surface area contributed by atoms with E-state index in [0.717, 1.165) is 25.7 Å². The molecule has 0 fully saturated rings. The summed E-state index contributed by atoms with van der Waals surface area (Å²) < 4.78 is 3.57. The number of aryl methyl sites for hydroxylation is 1. The molecule has 31 heavy (non-hydrogen) atoms. The van der Waals surface area contributed by atoms with Crippen molar-refractivity contribution in [1.82, 2.24) is 18.7 Å². The quantitative estimate of drug-likeness (QED) is 0.436. The van der Waals surface area contributed by atoms with Crippen LogP contribution in [0, 0.1) is 0 Å². The fourth-order valence-corrected chi connectivity index (χ4v) is 5.03. The van der Waals surface area contributed by atoms with Gasteiger partial charge in [0.05, 0.1) is 11.4 Å². The summed E-state index contributed by atoms with van der Waals surface area (Å²) in [6, 6.07) is 15.3. The SMILES string of the molecule is Cn1c(=O)c2c(nc(Cl)n2CC(=O)N2c3ccccc3Sc3ccccc32)n(C)c1=O. The molecule has 1 aliphatic rings. The van der Waals surface area contributed by atoms with Gasteiger partial charge in [-0.2, -0.15) is 4.98 Å². The molecule has 0 radical (unpaired) electrons. The van der Waals surface area contributed by atoms with Gasteiger partial charge >= 0.3 is 5.69 Å². The number of anilines is 2. The van der Waals surface area contributed by atoms with Crippen molar-refractivity contribution in [1.29, 1.82) is 0 Å². The molecule has 2 aromatic heterocycles. The lowest BCUT2D eigenvalue weighted by Gasteiger charge is -2.31. The zero-order chi connectivity index (χ0) is 21.9. The number of hydrogen-bond acceptors (Lipinski definition) is 5. The van der Waals surface area contributed by atoms with Crippen molar-refractivity contribution in [2.75, 3.05) is 4.90 Å². The summed E-state index contributed by atoms with van der Waals surface area (Å²) in [6.45, 7) is -0.212. The van der Waals surface area contributed by atoms with Crippen LogP contribution in [0.15, 0.2) is 67.9 Å². The second kappa shape index (κ2) is 7.14. The predicted molar refractivity (Wildman–Crippen MR) is 119 cm³/mol. The Morgan fingerprint density at radius 1 is 0.968 bits per heavy atom. The third kappa shape index (κ3) is 2.92. The summed E-state index contributed by atoms with van der Waals surface area (Å²) >= 11 is 7.91. The van der Waals surface area contributed by atoms with Crippen molar-refractivity contribution in [2.24, 2.45) is 14.1 Å². The molecule has 0 spiro atoms. The van der Waals surface area contributed by atoms with E-state index in [1.165, 1.54) is 23.2 Å². The maximum atomic E-state index is 13.6. The molecule has 5 rings (SSSR count). The highest BCUT2D eigenvalue weighted by Crippen LogP contribution is 2.48. The first kappa shape index (κ1) is 19.7. The van der Waals surface area contributed by atoms with E-state index >= 15 is 0 Å². The zero-order valence-corrected chi connectivity index (χ0v) is 18.1. The predicted octanol–water partition coefficient (Wildman–Crippen LogP) is 2.92. The lowest BCUT2D eigenvalue weighted by atomic mass is 10.2. The minimum absolute atomic E-state index is 0.0328. The van der Waals surface area contributed by atoms with E-state index in [4.69, 9.17) is 11.6 Å². The normalized spacial score (nSPS) is 12.7. The van der Waals surface area contributed by atoms with E-state index in [2.05, 4.69) is 4.98 Å². The van der Waals surface area contributed by atoms with Crippen molar-refractivity contribution in [3.05, 3.63) is 74.7 Å². The highest BCUT2D eigenvalue weighted by Gasteiger charge is 2.29. The third-order valence-electron chi connectivity index (χ3n) is 5.28. The first-order chi connectivity index (χ1) is 14.9. The molecule has 0 atom stereocenters. The topological polar surface area (TPSA) is 82.1 Å². The minimum atomic E-state index is -0.555. The average Bonchev–Trinajstić information content (AvgIpc) is 3.10. The Kier molecular flexibility index (Phi) is 4.53. The number of aromatic nitrogens is 4. The summed E-state index contributed by atoms with van der Waals surface area (Å²) in [4.78, 5) is 46.3. The molecule has 156 valence electrons. The van der Waals surface area contributed by atoms with Crippen LogP contribution in [0.5, 0.6) is 0 Å². The summed E-state index contributed by atoms with van der Waals surface area (Å²) in [6.07, 6.45) is 0. The molecule has 4 aromatic rings. The Labute approximate surface area is 185 Å². The molecular formula is C21H16ClN5O3S. The largest absolute Gasteiger partial charge is 0.332 e. The maximum absolute atomic E-state index is 13.6. The van der Waals surface area contributed by atoms with Gasteiger partial charge in [0.15, 0.2) is 11.2 Å². The van der Waals surface area contributed by atoms with Gasteiger partial charge in [-0.25, -0.2) is 4.79 Å². The molecule has 0 unspecified atom stereocenters. The van der Waals surface area contributed by atoms with Crippen LogP contribution in [0.25, 0.3) is 11.2 Å². The Morgan fingerprint density at radius 3 is 2.16 bits per heavy atom. The van der Waals surface area contributed by atoms with Gasteiger partial charge in [-0.05, 0) is 35.9 Å². The fourth-order valence-electron chi connectivity index (χ4n) is 3.74. The Bertz CT molecular complexity index is 1460. The number of benzene rings is 2. The summed E-state index contributed by atoms with van der Waals surface area (Å²) in [5, 5.41) is -0.0328. The van der Waals surface area contributed by atoms with Crippen LogP contribution in [0.3, 0.4) is 0 Å². The van der Waals surface area contributed by atoms with E-state index in [0.29, 0.717) is 0 Å². The summed E-state index contributed by atoms with van der Waals surface area (Å²) in [5.74, 6) is -0.280. The van der Waals surface area contributed by atoms with Crippen LogP contribution in [0.4, 0.5) is 11.4 Å². The molecule has 0 bridgehead atoms. The number of nitrogens with zero attached hydrogens (tertiary/aromatic N) is 5. The van der Waals surface area contributed by atoms with Crippen molar-refractivity contribution < 1.29 is 4.79 Å².